The second-order valence-electron chi connectivity index (χ2n) is 10.7. The van der Waals surface area contributed by atoms with Gasteiger partial charge >= 0.3 is 0 Å². The Balaban J connectivity index is 1.63. The number of hydrogen-bond donors (Lipinski definition) is 1. The average molecular weight is 541 g/mol. The van der Waals surface area contributed by atoms with Crippen molar-refractivity contribution in [3.8, 4) is 0 Å². The van der Waals surface area contributed by atoms with Crippen LogP contribution in [0.2, 0.25) is 10.0 Å². The zero-order valence-electron chi connectivity index (χ0n) is 21.8. The van der Waals surface area contributed by atoms with Crippen LogP contribution >= 0.6 is 23.2 Å². The Morgan fingerprint density at radius 3 is 2.49 bits per heavy atom. The van der Waals surface area contributed by atoms with Crippen LogP contribution in [0.5, 0.6) is 0 Å². The highest BCUT2D eigenvalue weighted by Crippen LogP contribution is 2.29. The van der Waals surface area contributed by atoms with Gasteiger partial charge in [0.15, 0.2) is 0 Å². The van der Waals surface area contributed by atoms with E-state index in [1.807, 2.05) is 23.1 Å². The summed E-state index contributed by atoms with van der Waals surface area (Å²) >= 11 is 12.3. The number of anilines is 1. The number of aliphatic hydroxyl groups is 1. The third-order valence-electron chi connectivity index (χ3n) is 7.01. The number of halogens is 2. The van der Waals surface area contributed by atoms with E-state index in [4.69, 9.17) is 23.2 Å². The molecule has 0 bridgehead atoms. The van der Waals surface area contributed by atoms with Crippen LogP contribution in [0.25, 0.3) is 0 Å². The first-order chi connectivity index (χ1) is 17.7. The van der Waals surface area contributed by atoms with Crippen molar-refractivity contribution < 1.29 is 9.90 Å². The molecule has 0 saturated carbocycles. The predicted molar refractivity (Wildman–Crippen MR) is 152 cm³/mol. The lowest BCUT2D eigenvalue weighted by atomic mass is 9.87. The topological polar surface area (TPSA) is 56.7 Å². The number of pyridine rings is 1. The summed E-state index contributed by atoms with van der Waals surface area (Å²) in [6.45, 7) is 8.38. The van der Waals surface area contributed by atoms with Crippen LogP contribution in [0, 0.1) is 0 Å². The first-order valence-electron chi connectivity index (χ1n) is 12.8. The van der Waals surface area contributed by atoms with E-state index in [2.05, 4.69) is 54.9 Å². The van der Waals surface area contributed by atoms with Gasteiger partial charge in [-0.3, -0.25) is 4.79 Å². The Morgan fingerprint density at radius 2 is 1.81 bits per heavy atom. The number of carbonyl (C=O) groups excluding carboxylic acids is 1. The summed E-state index contributed by atoms with van der Waals surface area (Å²) in [5.74, 6) is 0.568. The Labute approximate surface area is 230 Å². The van der Waals surface area contributed by atoms with Crippen LogP contribution in [-0.2, 0) is 18.4 Å². The fourth-order valence-electron chi connectivity index (χ4n) is 4.81. The number of hydrogen-bond acceptors (Lipinski definition) is 4. The monoisotopic (exact) mass is 539 g/mol. The number of carbonyl (C=O) groups is 1. The summed E-state index contributed by atoms with van der Waals surface area (Å²) in [5.41, 5.74) is 3.95. The molecule has 3 aromatic rings. The van der Waals surface area contributed by atoms with Gasteiger partial charge in [-0.2, -0.15) is 0 Å². The summed E-state index contributed by atoms with van der Waals surface area (Å²) in [5, 5.41) is 10.9. The molecule has 0 aliphatic carbocycles. The maximum absolute atomic E-state index is 14.0. The fraction of sp³-hybridized carbons (Fsp3) is 0.400. The molecule has 2 heterocycles. The van der Waals surface area contributed by atoms with E-state index < -0.39 is 0 Å². The van der Waals surface area contributed by atoms with Crippen molar-refractivity contribution in [2.24, 2.45) is 0 Å². The number of rotatable bonds is 8. The van der Waals surface area contributed by atoms with E-state index in [0.29, 0.717) is 40.9 Å². The molecule has 1 N–H and O–H groups in total. The molecular weight excluding hydrogens is 505 g/mol. The van der Waals surface area contributed by atoms with Gasteiger partial charge in [0.05, 0.1) is 28.3 Å². The molecule has 0 unspecified atom stereocenters. The van der Waals surface area contributed by atoms with E-state index in [9.17, 15) is 9.90 Å². The van der Waals surface area contributed by atoms with Gasteiger partial charge in [0.25, 0.3) is 5.91 Å². The molecule has 4 rings (SSSR count). The third-order valence-corrected chi connectivity index (χ3v) is 7.75. The number of aromatic nitrogens is 1. The van der Waals surface area contributed by atoms with E-state index in [0.717, 1.165) is 30.5 Å². The van der Waals surface area contributed by atoms with Gasteiger partial charge in [-0.25, -0.2) is 4.98 Å². The summed E-state index contributed by atoms with van der Waals surface area (Å²) in [4.78, 5) is 22.6. The molecule has 1 aliphatic rings. The van der Waals surface area contributed by atoms with Crippen molar-refractivity contribution in [2.45, 2.75) is 58.0 Å². The van der Waals surface area contributed by atoms with Gasteiger partial charge in [-0.1, -0.05) is 74.3 Å². The molecule has 7 heteroatoms. The van der Waals surface area contributed by atoms with Crippen LogP contribution in [-0.4, -0.2) is 46.6 Å². The van der Waals surface area contributed by atoms with Gasteiger partial charge in [-0.15, -0.1) is 0 Å². The molecular formula is C30H35Cl2N3O2. The lowest BCUT2D eigenvalue weighted by molar-refractivity contribution is 0.0745. The summed E-state index contributed by atoms with van der Waals surface area (Å²) in [6, 6.07) is 17.7. The van der Waals surface area contributed by atoms with Crippen molar-refractivity contribution >= 4 is 34.9 Å². The summed E-state index contributed by atoms with van der Waals surface area (Å²) < 4.78 is 0. The van der Waals surface area contributed by atoms with Crippen LogP contribution in [0.1, 0.15) is 60.7 Å². The van der Waals surface area contributed by atoms with Crippen molar-refractivity contribution in [2.75, 3.05) is 24.6 Å². The number of amides is 1. The standard InChI is InChI=1S/C30H35Cl2N3O2/c1-30(2,3)23-11-8-22(9-12-23)19-34(17-14-21-10-13-26(31)27(32)18-21)29(37)25-7-4-15-33-28(25)35-16-5-6-24(35)20-36/h4,7-13,15,18,24,36H,5-6,14,16-17,19-20H2,1-3H3/t24-/m1/s1. The van der Waals surface area contributed by atoms with Crippen LogP contribution < -0.4 is 4.90 Å². The molecule has 37 heavy (non-hydrogen) atoms. The smallest absolute Gasteiger partial charge is 0.257 e. The Kier molecular flexibility index (Phi) is 8.79. The minimum Gasteiger partial charge on any atom is -0.394 e. The van der Waals surface area contributed by atoms with Crippen LogP contribution in [0.15, 0.2) is 60.8 Å². The molecule has 1 amide bonds. The third kappa shape index (κ3) is 6.64. The van der Waals surface area contributed by atoms with Crippen LogP contribution in [0.4, 0.5) is 5.82 Å². The summed E-state index contributed by atoms with van der Waals surface area (Å²) in [6.07, 6.45) is 4.21. The zero-order valence-corrected chi connectivity index (χ0v) is 23.3. The number of aliphatic hydroxyl groups excluding tert-OH is 1. The van der Waals surface area contributed by atoms with Gasteiger partial charge in [-0.05, 0) is 65.6 Å². The van der Waals surface area contributed by atoms with E-state index in [1.165, 1.54) is 5.56 Å². The lowest BCUT2D eigenvalue weighted by Gasteiger charge is -2.29. The van der Waals surface area contributed by atoms with E-state index in [-0.39, 0.29) is 24.0 Å². The Morgan fingerprint density at radius 1 is 1.08 bits per heavy atom. The minimum atomic E-state index is -0.0772. The van der Waals surface area contributed by atoms with E-state index >= 15 is 0 Å². The van der Waals surface area contributed by atoms with Crippen molar-refractivity contribution in [3.05, 3.63) is 93.1 Å². The van der Waals surface area contributed by atoms with E-state index in [1.54, 1.807) is 18.3 Å². The predicted octanol–water partition coefficient (Wildman–Crippen LogP) is 6.53. The molecule has 0 radical (unpaired) electrons. The largest absolute Gasteiger partial charge is 0.394 e. The van der Waals surface area contributed by atoms with Gasteiger partial charge in [0.2, 0.25) is 0 Å². The van der Waals surface area contributed by atoms with Gasteiger partial charge in [0.1, 0.15) is 5.82 Å². The van der Waals surface area contributed by atoms with Gasteiger partial charge < -0.3 is 14.9 Å². The first-order valence-corrected chi connectivity index (χ1v) is 13.6. The molecule has 1 atom stereocenters. The molecule has 1 fully saturated rings. The highest BCUT2D eigenvalue weighted by atomic mass is 35.5. The van der Waals surface area contributed by atoms with Crippen molar-refractivity contribution in [1.29, 1.82) is 0 Å². The molecule has 1 aliphatic heterocycles. The number of benzene rings is 2. The normalized spacial score (nSPS) is 15.7. The fourth-order valence-corrected chi connectivity index (χ4v) is 5.13. The maximum Gasteiger partial charge on any atom is 0.257 e. The average Bonchev–Trinajstić information content (AvgIpc) is 3.37. The molecule has 5 nitrogen and oxygen atoms in total. The van der Waals surface area contributed by atoms with Crippen molar-refractivity contribution in [1.82, 2.24) is 9.88 Å². The van der Waals surface area contributed by atoms with Crippen molar-refractivity contribution in [3.63, 3.8) is 0 Å². The molecule has 2 aromatic carbocycles. The highest BCUT2D eigenvalue weighted by molar-refractivity contribution is 6.42. The zero-order chi connectivity index (χ0) is 26.6. The quantitative estimate of drug-likeness (QED) is 0.353. The minimum absolute atomic E-state index is 0.0175. The first kappa shape index (κ1) is 27.4. The molecule has 0 spiro atoms. The maximum atomic E-state index is 14.0. The highest BCUT2D eigenvalue weighted by Gasteiger charge is 2.30. The van der Waals surface area contributed by atoms with Gasteiger partial charge in [0, 0.05) is 25.8 Å². The Bertz CT molecular complexity index is 1220. The SMILES string of the molecule is CC(C)(C)c1ccc(CN(CCc2ccc(Cl)c(Cl)c2)C(=O)c2cccnc2N2CCC[C@@H]2CO)cc1. The van der Waals surface area contributed by atoms with Crippen LogP contribution in [0.3, 0.4) is 0 Å². The second-order valence-corrected chi connectivity index (χ2v) is 11.5. The molecule has 1 saturated heterocycles. The molecule has 1 aromatic heterocycles. The second kappa shape index (κ2) is 11.8. The number of nitrogens with zero attached hydrogens (tertiary/aromatic N) is 3. The lowest BCUT2D eigenvalue weighted by Crippen LogP contribution is -2.37. The molecule has 196 valence electrons. The summed E-state index contributed by atoms with van der Waals surface area (Å²) in [7, 11) is 0. The Hall–Kier alpha value is -2.60.